The first kappa shape index (κ1) is 11.3. The molecule has 0 N–H and O–H groups in total. The number of benzene rings is 1. The number of rotatable bonds is 2. The monoisotopic (exact) mass is 263 g/mol. The number of fused-ring (bicyclic) bond motifs is 2. The largest absolute Gasteiger partial charge is 0.281 e. The van der Waals surface area contributed by atoms with E-state index in [-0.39, 0.29) is 0 Å². The van der Waals surface area contributed by atoms with Crippen molar-refractivity contribution >= 4 is 11.5 Å². The molecule has 0 atom stereocenters. The molecule has 0 unspecified atom stereocenters. The van der Waals surface area contributed by atoms with Gasteiger partial charge < -0.3 is 0 Å². The average molecular weight is 263 g/mol. The Bertz CT molecular complexity index is 820. The highest BCUT2D eigenvalue weighted by molar-refractivity contribution is 5.75. The summed E-state index contributed by atoms with van der Waals surface area (Å²) in [4.78, 5) is 15.7. The number of aromatic nitrogens is 2. The second-order valence-electron chi connectivity index (χ2n) is 5.14. The van der Waals surface area contributed by atoms with Gasteiger partial charge in [-0.25, -0.2) is 4.98 Å². The van der Waals surface area contributed by atoms with E-state index in [1.54, 1.807) is 4.40 Å². The molecule has 98 valence electrons. The van der Waals surface area contributed by atoms with Crippen LogP contribution in [-0.2, 0) is 12.8 Å². The van der Waals surface area contributed by atoms with Gasteiger partial charge in [-0.05, 0) is 53.8 Å². The van der Waals surface area contributed by atoms with E-state index in [0.717, 1.165) is 24.1 Å². The average Bonchev–Trinajstić information content (AvgIpc) is 3.10. The van der Waals surface area contributed by atoms with Crippen LogP contribution >= 0.6 is 0 Å². The zero-order valence-corrected chi connectivity index (χ0v) is 10.9. The van der Waals surface area contributed by atoms with Crippen molar-refractivity contribution in [2.45, 2.75) is 19.3 Å². The summed E-state index contributed by atoms with van der Waals surface area (Å²) >= 11 is 0. The molecule has 0 bridgehead atoms. The molecule has 4 heteroatoms. The van der Waals surface area contributed by atoms with E-state index in [9.17, 15) is 4.91 Å². The van der Waals surface area contributed by atoms with Gasteiger partial charge in [0.05, 0.1) is 0 Å². The van der Waals surface area contributed by atoms with Crippen LogP contribution in [0.4, 0.5) is 5.82 Å². The molecule has 0 spiro atoms. The number of aryl methyl sites for hydroxylation is 2. The van der Waals surface area contributed by atoms with Gasteiger partial charge in [-0.1, -0.05) is 18.2 Å². The molecule has 1 aliphatic rings. The van der Waals surface area contributed by atoms with Crippen molar-refractivity contribution in [1.82, 2.24) is 9.38 Å². The molecule has 0 aliphatic heterocycles. The van der Waals surface area contributed by atoms with Gasteiger partial charge in [0.2, 0.25) is 5.82 Å². The first-order chi connectivity index (χ1) is 9.86. The van der Waals surface area contributed by atoms with Crippen LogP contribution in [0.3, 0.4) is 0 Å². The van der Waals surface area contributed by atoms with E-state index in [1.807, 2.05) is 30.5 Å². The summed E-state index contributed by atoms with van der Waals surface area (Å²) in [7, 11) is 0. The molecular formula is C16H13N3O. The third kappa shape index (κ3) is 1.58. The molecule has 2 heterocycles. The number of imidazole rings is 1. The molecule has 20 heavy (non-hydrogen) atoms. The molecule has 0 saturated heterocycles. The van der Waals surface area contributed by atoms with E-state index in [1.165, 1.54) is 17.5 Å². The summed E-state index contributed by atoms with van der Waals surface area (Å²) in [5, 5.41) is 3.18. The van der Waals surface area contributed by atoms with Crippen molar-refractivity contribution in [3.05, 3.63) is 58.6 Å². The SMILES string of the molecule is O=Nc1c(-c2ccc3c(c2)CCC3)nc2ccccn12. The minimum atomic E-state index is 0.374. The van der Waals surface area contributed by atoms with E-state index < -0.39 is 0 Å². The van der Waals surface area contributed by atoms with Crippen LogP contribution in [0.15, 0.2) is 47.8 Å². The van der Waals surface area contributed by atoms with Crippen molar-refractivity contribution in [2.24, 2.45) is 5.18 Å². The molecule has 0 fully saturated rings. The van der Waals surface area contributed by atoms with Gasteiger partial charge in [-0.15, -0.1) is 4.91 Å². The summed E-state index contributed by atoms with van der Waals surface area (Å²) in [6, 6.07) is 12.0. The van der Waals surface area contributed by atoms with Gasteiger partial charge in [0, 0.05) is 11.8 Å². The maximum absolute atomic E-state index is 11.2. The Labute approximate surface area is 116 Å². The molecule has 4 nitrogen and oxygen atoms in total. The molecule has 4 rings (SSSR count). The summed E-state index contributed by atoms with van der Waals surface area (Å²) in [6.07, 6.45) is 5.29. The number of hydrogen-bond acceptors (Lipinski definition) is 3. The second-order valence-corrected chi connectivity index (χ2v) is 5.14. The predicted octanol–water partition coefficient (Wildman–Crippen LogP) is 3.89. The summed E-state index contributed by atoms with van der Waals surface area (Å²) < 4.78 is 1.73. The first-order valence-corrected chi connectivity index (χ1v) is 6.79. The van der Waals surface area contributed by atoms with E-state index in [0.29, 0.717) is 11.5 Å². The van der Waals surface area contributed by atoms with Gasteiger partial charge >= 0.3 is 0 Å². The van der Waals surface area contributed by atoms with E-state index in [4.69, 9.17) is 0 Å². The van der Waals surface area contributed by atoms with Crippen molar-refractivity contribution in [2.75, 3.05) is 0 Å². The normalized spacial score (nSPS) is 13.6. The lowest BCUT2D eigenvalue weighted by Gasteiger charge is -2.02. The van der Waals surface area contributed by atoms with E-state index in [2.05, 4.69) is 22.3 Å². The fraction of sp³-hybridized carbons (Fsp3) is 0.188. The maximum atomic E-state index is 11.2. The Morgan fingerprint density at radius 2 is 2.00 bits per heavy atom. The molecule has 0 saturated carbocycles. The zero-order valence-electron chi connectivity index (χ0n) is 10.9. The van der Waals surface area contributed by atoms with Gasteiger partial charge in [0.15, 0.2) is 0 Å². The molecular weight excluding hydrogens is 250 g/mol. The van der Waals surface area contributed by atoms with Crippen molar-refractivity contribution in [1.29, 1.82) is 0 Å². The van der Waals surface area contributed by atoms with Crippen LogP contribution in [-0.4, -0.2) is 9.38 Å². The minimum absolute atomic E-state index is 0.374. The quantitative estimate of drug-likeness (QED) is 0.658. The van der Waals surface area contributed by atoms with Gasteiger partial charge in [0.1, 0.15) is 11.3 Å². The lowest BCUT2D eigenvalue weighted by molar-refractivity contribution is 0.912. The van der Waals surface area contributed by atoms with Gasteiger partial charge in [-0.3, -0.25) is 4.40 Å². The van der Waals surface area contributed by atoms with Gasteiger partial charge in [0.25, 0.3) is 0 Å². The van der Waals surface area contributed by atoms with E-state index >= 15 is 0 Å². The van der Waals surface area contributed by atoms with Crippen LogP contribution in [0.1, 0.15) is 17.5 Å². The molecule has 2 aromatic heterocycles. The standard InChI is InChI=1S/C16H13N3O/c20-18-16-15(17-14-6-1-2-9-19(14)16)13-8-7-11-4-3-5-12(11)10-13/h1-2,6-10H,3-5H2. The summed E-state index contributed by atoms with van der Waals surface area (Å²) in [5.41, 5.74) is 5.18. The van der Waals surface area contributed by atoms with Crippen molar-refractivity contribution in [3.8, 4) is 11.3 Å². The second kappa shape index (κ2) is 4.27. The highest BCUT2D eigenvalue weighted by atomic mass is 16.3. The summed E-state index contributed by atoms with van der Waals surface area (Å²) in [5.74, 6) is 0.374. The van der Waals surface area contributed by atoms with Gasteiger partial charge in [-0.2, -0.15) is 0 Å². The highest BCUT2D eigenvalue weighted by Crippen LogP contribution is 2.33. The third-order valence-corrected chi connectivity index (χ3v) is 3.96. The zero-order chi connectivity index (χ0) is 13.5. The van der Waals surface area contributed by atoms with Crippen LogP contribution in [0, 0.1) is 4.91 Å². The third-order valence-electron chi connectivity index (χ3n) is 3.96. The van der Waals surface area contributed by atoms with Crippen LogP contribution in [0.25, 0.3) is 16.9 Å². The highest BCUT2D eigenvalue weighted by Gasteiger charge is 2.17. The minimum Gasteiger partial charge on any atom is -0.281 e. The Morgan fingerprint density at radius 3 is 2.90 bits per heavy atom. The Hall–Kier alpha value is -2.49. The number of nitrogens with zero attached hydrogens (tertiary/aromatic N) is 3. The summed E-state index contributed by atoms with van der Waals surface area (Å²) in [6.45, 7) is 0. The molecule has 3 aromatic rings. The lowest BCUT2D eigenvalue weighted by atomic mass is 10.0. The molecule has 0 amide bonds. The maximum Gasteiger partial charge on any atom is 0.209 e. The number of nitroso groups, excluding NO2 is 1. The Morgan fingerprint density at radius 1 is 1.10 bits per heavy atom. The first-order valence-electron chi connectivity index (χ1n) is 6.79. The van der Waals surface area contributed by atoms with Crippen molar-refractivity contribution in [3.63, 3.8) is 0 Å². The van der Waals surface area contributed by atoms with Crippen molar-refractivity contribution < 1.29 is 0 Å². The number of hydrogen-bond donors (Lipinski definition) is 0. The smallest absolute Gasteiger partial charge is 0.209 e. The Kier molecular flexibility index (Phi) is 2.42. The predicted molar refractivity (Wildman–Crippen MR) is 78.1 cm³/mol. The van der Waals surface area contributed by atoms with Crippen LogP contribution < -0.4 is 0 Å². The molecule has 0 radical (unpaired) electrons. The molecule has 1 aliphatic carbocycles. The topological polar surface area (TPSA) is 46.7 Å². The fourth-order valence-electron chi connectivity index (χ4n) is 2.98. The fourth-order valence-corrected chi connectivity index (χ4v) is 2.98. The van der Waals surface area contributed by atoms with Crippen LogP contribution in [0.2, 0.25) is 0 Å². The van der Waals surface area contributed by atoms with Crippen LogP contribution in [0.5, 0.6) is 0 Å². The Balaban J connectivity index is 1.95. The number of pyridine rings is 1. The molecule has 1 aromatic carbocycles. The lowest BCUT2D eigenvalue weighted by Crippen LogP contribution is -1.85.